The van der Waals surface area contributed by atoms with Crippen molar-refractivity contribution < 1.29 is 0 Å². The van der Waals surface area contributed by atoms with Crippen molar-refractivity contribution >= 4 is 16.5 Å². The second-order valence-corrected chi connectivity index (χ2v) is 6.33. The second-order valence-electron chi connectivity index (χ2n) is 6.33. The lowest BCUT2D eigenvalue weighted by Crippen LogP contribution is -1.91. The summed E-state index contributed by atoms with van der Waals surface area (Å²) in [7, 11) is 1.99. The van der Waals surface area contributed by atoms with Gasteiger partial charge in [-0.1, -0.05) is 76.1 Å². The van der Waals surface area contributed by atoms with Crippen molar-refractivity contribution in [1.29, 1.82) is 0 Å². The Morgan fingerprint density at radius 1 is 0.818 bits per heavy atom. The molecule has 0 saturated carbocycles. The molecule has 0 aliphatic carbocycles. The molecular formula is C21H31N. The third-order valence-electron chi connectivity index (χ3n) is 4.56. The van der Waals surface area contributed by atoms with E-state index in [0.717, 1.165) is 0 Å². The Bertz CT molecular complexity index is 559. The Balaban J connectivity index is 1.81. The number of hydrogen-bond acceptors (Lipinski definition) is 1. The van der Waals surface area contributed by atoms with Crippen molar-refractivity contribution in [2.24, 2.45) is 0 Å². The van der Waals surface area contributed by atoms with Crippen LogP contribution in [-0.2, 0) is 6.42 Å². The number of hydrogen-bond donors (Lipinski definition) is 1. The van der Waals surface area contributed by atoms with Gasteiger partial charge in [-0.15, -0.1) is 0 Å². The molecule has 2 rings (SSSR count). The molecule has 0 amide bonds. The standard InChI is InChI=1S/C21H31N/c1-3-4-5-6-7-8-9-10-12-18-13-11-14-19-15-16-20(22-2)17-21(18)19/h11,13-17,22H,3-10,12H2,1-2H3. The molecule has 0 fully saturated rings. The summed E-state index contributed by atoms with van der Waals surface area (Å²) in [6, 6.07) is 13.4. The van der Waals surface area contributed by atoms with E-state index in [1.807, 2.05) is 7.05 Å². The number of unbranched alkanes of at least 4 members (excludes halogenated alkanes) is 7. The maximum Gasteiger partial charge on any atom is 0.0344 e. The average Bonchev–Trinajstić information content (AvgIpc) is 2.57. The fourth-order valence-electron chi connectivity index (χ4n) is 3.16. The monoisotopic (exact) mass is 297 g/mol. The van der Waals surface area contributed by atoms with Crippen LogP contribution in [0.2, 0.25) is 0 Å². The molecule has 0 aliphatic heterocycles. The molecular weight excluding hydrogens is 266 g/mol. The molecule has 22 heavy (non-hydrogen) atoms. The van der Waals surface area contributed by atoms with Gasteiger partial charge >= 0.3 is 0 Å². The van der Waals surface area contributed by atoms with Crippen molar-refractivity contribution in [3.05, 3.63) is 42.0 Å². The van der Waals surface area contributed by atoms with E-state index in [-0.39, 0.29) is 0 Å². The van der Waals surface area contributed by atoms with E-state index in [2.05, 4.69) is 48.6 Å². The van der Waals surface area contributed by atoms with E-state index >= 15 is 0 Å². The molecule has 1 heteroatoms. The van der Waals surface area contributed by atoms with Crippen LogP contribution in [0.25, 0.3) is 10.8 Å². The molecule has 0 radical (unpaired) electrons. The molecule has 0 aliphatic rings. The zero-order valence-electron chi connectivity index (χ0n) is 14.3. The molecule has 120 valence electrons. The molecule has 0 atom stereocenters. The third kappa shape index (κ3) is 5.05. The molecule has 0 bridgehead atoms. The Morgan fingerprint density at radius 3 is 2.27 bits per heavy atom. The fourth-order valence-corrected chi connectivity index (χ4v) is 3.16. The molecule has 2 aromatic rings. The number of anilines is 1. The van der Waals surface area contributed by atoms with Gasteiger partial charge in [0.05, 0.1) is 0 Å². The van der Waals surface area contributed by atoms with Gasteiger partial charge in [-0.3, -0.25) is 0 Å². The molecule has 2 aromatic carbocycles. The number of rotatable bonds is 10. The number of fused-ring (bicyclic) bond motifs is 1. The fraction of sp³-hybridized carbons (Fsp3) is 0.524. The van der Waals surface area contributed by atoms with Gasteiger partial charge in [0.2, 0.25) is 0 Å². The second kappa shape index (κ2) is 9.50. The van der Waals surface area contributed by atoms with Crippen LogP contribution in [0.4, 0.5) is 5.69 Å². The minimum absolute atomic E-state index is 1.20. The minimum Gasteiger partial charge on any atom is -0.388 e. The minimum atomic E-state index is 1.20. The summed E-state index contributed by atoms with van der Waals surface area (Å²) in [5, 5.41) is 6.02. The molecule has 0 unspecified atom stereocenters. The lowest BCUT2D eigenvalue weighted by atomic mass is 9.98. The van der Waals surface area contributed by atoms with E-state index in [1.54, 1.807) is 0 Å². The summed E-state index contributed by atoms with van der Waals surface area (Å²) in [6.07, 6.45) is 12.3. The van der Waals surface area contributed by atoms with Gasteiger partial charge in [0.1, 0.15) is 0 Å². The lowest BCUT2D eigenvalue weighted by molar-refractivity contribution is 0.576. The van der Waals surface area contributed by atoms with E-state index in [9.17, 15) is 0 Å². The SMILES string of the molecule is CCCCCCCCCCc1cccc2ccc(NC)cc12. The summed E-state index contributed by atoms with van der Waals surface area (Å²) in [5.74, 6) is 0. The highest BCUT2D eigenvalue weighted by atomic mass is 14.8. The van der Waals surface area contributed by atoms with Gasteiger partial charge in [0, 0.05) is 12.7 Å². The van der Waals surface area contributed by atoms with Crippen molar-refractivity contribution in [3.8, 4) is 0 Å². The summed E-state index contributed by atoms with van der Waals surface area (Å²) in [5.41, 5.74) is 2.71. The quantitative estimate of drug-likeness (QED) is 0.489. The first-order valence-electron chi connectivity index (χ1n) is 9.04. The largest absolute Gasteiger partial charge is 0.388 e. The van der Waals surface area contributed by atoms with Crippen molar-refractivity contribution in [2.75, 3.05) is 12.4 Å². The molecule has 1 nitrogen and oxygen atoms in total. The van der Waals surface area contributed by atoms with Gasteiger partial charge in [0.25, 0.3) is 0 Å². The van der Waals surface area contributed by atoms with E-state index < -0.39 is 0 Å². The lowest BCUT2D eigenvalue weighted by Gasteiger charge is -2.09. The average molecular weight is 297 g/mol. The number of nitrogens with one attached hydrogen (secondary N) is 1. The van der Waals surface area contributed by atoms with Crippen LogP contribution in [0.5, 0.6) is 0 Å². The van der Waals surface area contributed by atoms with Gasteiger partial charge in [-0.05, 0) is 41.3 Å². The Morgan fingerprint density at radius 2 is 1.55 bits per heavy atom. The van der Waals surface area contributed by atoms with Crippen LogP contribution < -0.4 is 5.32 Å². The van der Waals surface area contributed by atoms with Crippen LogP contribution in [0.1, 0.15) is 63.9 Å². The highest BCUT2D eigenvalue weighted by Crippen LogP contribution is 2.24. The van der Waals surface area contributed by atoms with Crippen LogP contribution in [0, 0.1) is 0 Å². The predicted molar refractivity (Wildman–Crippen MR) is 99.8 cm³/mol. The molecule has 0 saturated heterocycles. The highest BCUT2D eigenvalue weighted by Gasteiger charge is 2.02. The summed E-state index contributed by atoms with van der Waals surface area (Å²) >= 11 is 0. The zero-order chi connectivity index (χ0) is 15.6. The first-order valence-corrected chi connectivity index (χ1v) is 9.04. The number of aryl methyl sites for hydroxylation is 1. The molecule has 0 heterocycles. The maximum absolute atomic E-state index is 3.25. The Hall–Kier alpha value is -1.50. The Kier molecular flexibility index (Phi) is 7.28. The van der Waals surface area contributed by atoms with Crippen LogP contribution in [0.15, 0.2) is 36.4 Å². The summed E-state index contributed by atoms with van der Waals surface area (Å²) in [6.45, 7) is 2.28. The van der Waals surface area contributed by atoms with E-state index in [4.69, 9.17) is 0 Å². The van der Waals surface area contributed by atoms with Crippen LogP contribution >= 0.6 is 0 Å². The first-order chi connectivity index (χ1) is 10.8. The third-order valence-corrected chi connectivity index (χ3v) is 4.56. The predicted octanol–water partition coefficient (Wildman–Crippen LogP) is 6.56. The van der Waals surface area contributed by atoms with Gasteiger partial charge in [0.15, 0.2) is 0 Å². The van der Waals surface area contributed by atoms with E-state index in [0.29, 0.717) is 0 Å². The molecule has 1 N–H and O–H groups in total. The first kappa shape index (κ1) is 16.9. The zero-order valence-corrected chi connectivity index (χ0v) is 14.3. The Labute approximate surface area is 136 Å². The van der Waals surface area contributed by atoms with Crippen molar-refractivity contribution in [2.45, 2.75) is 64.7 Å². The topological polar surface area (TPSA) is 12.0 Å². The maximum atomic E-state index is 3.25. The number of benzene rings is 2. The molecule has 0 aromatic heterocycles. The van der Waals surface area contributed by atoms with Crippen molar-refractivity contribution in [1.82, 2.24) is 0 Å². The molecule has 0 spiro atoms. The normalized spacial score (nSPS) is 11.0. The van der Waals surface area contributed by atoms with Gasteiger partial charge in [-0.25, -0.2) is 0 Å². The summed E-state index contributed by atoms with van der Waals surface area (Å²) in [4.78, 5) is 0. The van der Waals surface area contributed by atoms with Crippen molar-refractivity contribution in [3.63, 3.8) is 0 Å². The van der Waals surface area contributed by atoms with Gasteiger partial charge in [-0.2, -0.15) is 0 Å². The van der Waals surface area contributed by atoms with Crippen LogP contribution in [-0.4, -0.2) is 7.05 Å². The van der Waals surface area contributed by atoms with E-state index in [1.165, 1.54) is 79.8 Å². The van der Waals surface area contributed by atoms with Crippen LogP contribution in [0.3, 0.4) is 0 Å². The van der Waals surface area contributed by atoms with Gasteiger partial charge < -0.3 is 5.32 Å². The summed E-state index contributed by atoms with van der Waals surface area (Å²) < 4.78 is 0. The smallest absolute Gasteiger partial charge is 0.0344 e. The highest BCUT2D eigenvalue weighted by molar-refractivity contribution is 5.88.